The van der Waals surface area contributed by atoms with Crippen molar-refractivity contribution in [2.75, 3.05) is 24.8 Å². The van der Waals surface area contributed by atoms with Crippen LogP contribution in [0.5, 0.6) is 11.5 Å². The van der Waals surface area contributed by atoms with Crippen LogP contribution in [0.15, 0.2) is 76.5 Å². The van der Waals surface area contributed by atoms with Crippen molar-refractivity contribution in [2.45, 2.75) is 30.6 Å². The summed E-state index contributed by atoms with van der Waals surface area (Å²) in [5.41, 5.74) is 9.27. The van der Waals surface area contributed by atoms with Crippen molar-refractivity contribution in [3.63, 3.8) is 0 Å². The first-order valence-electron chi connectivity index (χ1n) is 11.6. The number of carbonyl (C=O) groups is 1. The lowest BCUT2D eigenvalue weighted by atomic mass is 10.0. The molecule has 0 amide bonds. The molecule has 0 fully saturated rings. The molecule has 1 aromatic heterocycles. The van der Waals surface area contributed by atoms with Gasteiger partial charge in [0.2, 0.25) is 15.6 Å². The number of rotatable bonds is 9. The van der Waals surface area contributed by atoms with Gasteiger partial charge in [-0.2, -0.15) is 0 Å². The highest BCUT2D eigenvalue weighted by Crippen LogP contribution is 2.44. The van der Waals surface area contributed by atoms with E-state index >= 15 is 0 Å². The van der Waals surface area contributed by atoms with Gasteiger partial charge in [0.1, 0.15) is 26.3 Å². The van der Waals surface area contributed by atoms with Crippen LogP contribution in [0.25, 0.3) is 0 Å². The van der Waals surface area contributed by atoms with Crippen molar-refractivity contribution >= 4 is 43.3 Å². The molecular formula is C28H28N2O5S2. The molecule has 0 radical (unpaired) electrons. The number of benzene rings is 3. The lowest BCUT2D eigenvalue weighted by Gasteiger charge is -2.11. The normalized spacial score (nSPS) is 11.2. The van der Waals surface area contributed by atoms with Crippen molar-refractivity contribution in [2.24, 2.45) is 0 Å². The Kier molecular flexibility index (Phi) is 7.56. The molecule has 0 aliphatic rings. The molecule has 0 saturated carbocycles. The number of carbonyl (C=O) groups excluding carboxylic acids is 1. The highest BCUT2D eigenvalue weighted by Gasteiger charge is 2.32. The maximum atomic E-state index is 13.8. The van der Waals surface area contributed by atoms with Gasteiger partial charge < -0.3 is 20.5 Å². The molecule has 0 saturated heterocycles. The maximum absolute atomic E-state index is 13.8. The minimum atomic E-state index is -4.08. The number of anilines is 3. The fourth-order valence-corrected chi connectivity index (χ4v) is 6.87. The molecule has 4 aromatic rings. The molecule has 37 heavy (non-hydrogen) atoms. The highest BCUT2D eigenvalue weighted by molar-refractivity contribution is 7.92. The van der Waals surface area contributed by atoms with Crippen LogP contribution in [0.4, 0.5) is 16.4 Å². The summed E-state index contributed by atoms with van der Waals surface area (Å²) in [7, 11) is -2.58. The Morgan fingerprint density at radius 3 is 2.22 bits per heavy atom. The monoisotopic (exact) mass is 536 g/mol. The van der Waals surface area contributed by atoms with E-state index in [4.69, 9.17) is 15.2 Å². The number of hydrogen-bond donors (Lipinski definition) is 2. The van der Waals surface area contributed by atoms with Gasteiger partial charge in [0.15, 0.2) is 0 Å². The van der Waals surface area contributed by atoms with Crippen LogP contribution in [0.2, 0.25) is 0 Å². The van der Waals surface area contributed by atoms with Crippen molar-refractivity contribution in [1.82, 2.24) is 0 Å². The molecule has 0 atom stereocenters. The molecular weight excluding hydrogens is 508 g/mol. The van der Waals surface area contributed by atoms with Crippen molar-refractivity contribution in [1.29, 1.82) is 0 Å². The number of thiophene rings is 1. The number of nitrogen functional groups attached to an aromatic ring is 1. The quantitative estimate of drug-likeness (QED) is 0.247. The third-order valence-corrected chi connectivity index (χ3v) is 8.90. The molecule has 1 heterocycles. The molecule has 192 valence electrons. The molecule has 7 nitrogen and oxygen atoms in total. The van der Waals surface area contributed by atoms with Gasteiger partial charge in [0.05, 0.1) is 24.3 Å². The fourth-order valence-electron chi connectivity index (χ4n) is 3.94. The first-order chi connectivity index (χ1) is 17.6. The Morgan fingerprint density at radius 1 is 0.973 bits per heavy atom. The molecule has 4 rings (SSSR count). The predicted octanol–water partition coefficient (Wildman–Crippen LogP) is 6.16. The summed E-state index contributed by atoms with van der Waals surface area (Å²) in [5.74, 6) is 0.886. The lowest BCUT2D eigenvalue weighted by molar-refractivity contribution is 0.104. The Bertz CT molecular complexity index is 1540. The fraction of sp³-hybridized carbons (Fsp3) is 0.179. The van der Waals surface area contributed by atoms with Gasteiger partial charge in [-0.1, -0.05) is 23.8 Å². The smallest absolute Gasteiger partial charge is 0.211 e. The van der Waals surface area contributed by atoms with Crippen LogP contribution in [-0.2, 0) is 9.84 Å². The first-order valence-corrected chi connectivity index (χ1v) is 13.9. The van der Waals surface area contributed by atoms with Gasteiger partial charge >= 0.3 is 0 Å². The summed E-state index contributed by atoms with van der Waals surface area (Å²) in [6, 6.07) is 18.6. The van der Waals surface area contributed by atoms with E-state index in [0.717, 1.165) is 22.5 Å². The van der Waals surface area contributed by atoms with Gasteiger partial charge in [-0.25, -0.2) is 8.42 Å². The van der Waals surface area contributed by atoms with E-state index in [1.165, 1.54) is 19.2 Å². The van der Waals surface area contributed by atoms with Gasteiger partial charge in [-0.05, 0) is 74.9 Å². The third-order valence-electron chi connectivity index (χ3n) is 5.79. The number of hydrogen-bond acceptors (Lipinski definition) is 8. The largest absolute Gasteiger partial charge is 0.497 e. The second kappa shape index (κ2) is 10.7. The SMILES string of the molecule is CCOc1ccc(Nc2sc(C(=O)c3ccc(C)cc3C)c(N)c2S(=O)(=O)c2ccc(OC)cc2)cc1. The number of sulfone groups is 1. The summed E-state index contributed by atoms with van der Waals surface area (Å²) in [6.45, 7) is 6.21. The van der Waals surface area contributed by atoms with Gasteiger partial charge in [0, 0.05) is 11.3 Å². The Labute approximate surface area is 220 Å². The molecule has 3 aromatic carbocycles. The van der Waals surface area contributed by atoms with E-state index in [-0.39, 0.29) is 31.1 Å². The predicted molar refractivity (Wildman–Crippen MR) is 147 cm³/mol. The topological polar surface area (TPSA) is 108 Å². The molecule has 9 heteroatoms. The summed E-state index contributed by atoms with van der Waals surface area (Å²) in [6.07, 6.45) is 0. The van der Waals surface area contributed by atoms with E-state index in [1.807, 2.05) is 32.9 Å². The second-order valence-corrected chi connectivity index (χ2v) is 11.3. The van der Waals surface area contributed by atoms with Gasteiger partial charge in [0.25, 0.3) is 0 Å². The molecule has 0 aliphatic heterocycles. The molecule has 0 bridgehead atoms. The molecule has 3 N–H and O–H groups in total. The van der Waals surface area contributed by atoms with Crippen LogP contribution in [0.1, 0.15) is 33.3 Å². The summed E-state index contributed by atoms with van der Waals surface area (Å²) in [4.78, 5) is 13.6. The van der Waals surface area contributed by atoms with E-state index in [2.05, 4.69) is 5.32 Å². The maximum Gasteiger partial charge on any atom is 0.211 e. The van der Waals surface area contributed by atoms with Crippen LogP contribution in [0.3, 0.4) is 0 Å². The number of methoxy groups -OCH3 is 1. The van der Waals surface area contributed by atoms with E-state index in [9.17, 15) is 13.2 Å². The summed E-state index contributed by atoms with van der Waals surface area (Å²) >= 11 is 1.02. The van der Waals surface area contributed by atoms with Crippen LogP contribution in [-0.4, -0.2) is 27.9 Å². The van der Waals surface area contributed by atoms with Crippen molar-refractivity contribution in [3.05, 3.63) is 88.3 Å². The average molecular weight is 537 g/mol. The minimum absolute atomic E-state index is 0.0399. The lowest BCUT2D eigenvalue weighted by Crippen LogP contribution is -2.09. The van der Waals surface area contributed by atoms with Crippen LogP contribution in [0, 0.1) is 13.8 Å². The van der Waals surface area contributed by atoms with E-state index in [0.29, 0.717) is 29.4 Å². The number of aryl methyl sites for hydroxylation is 2. The molecule has 0 unspecified atom stereocenters. The number of ether oxygens (including phenoxy) is 2. The Hall–Kier alpha value is -3.82. The van der Waals surface area contributed by atoms with Crippen LogP contribution >= 0.6 is 11.3 Å². The Balaban J connectivity index is 1.84. The summed E-state index contributed by atoms with van der Waals surface area (Å²) in [5, 5.41) is 3.41. The van der Waals surface area contributed by atoms with Gasteiger partial charge in [-0.15, -0.1) is 11.3 Å². The number of ketones is 1. The van der Waals surface area contributed by atoms with Crippen molar-refractivity contribution in [3.8, 4) is 11.5 Å². The third kappa shape index (κ3) is 5.33. The zero-order valence-electron chi connectivity index (χ0n) is 21.0. The first kappa shape index (κ1) is 26.2. The van der Waals surface area contributed by atoms with Crippen LogP contribution < -0.4 is 20.5 Å². The average Bonchev–Trinajstić information content (AvgIpc) is 3.21. The number of nitrogens with one attached hydrogen (secondary N) is 1. The summed E-state index contributed by atoms with van der Waals surface area (Å²) < 4.78 is 38.3. The molecule has 0 spiro atoms. The highest BCUT2D eigenvalue weighted by atomic mass is 32.2. The second-order valence-electron chi connectivity index (χ2n) is 8.41. The standard InChI is InChI=1S/C28H28N2O5S2/c1-5-35-21-9-7-19(8-10-21)30-28-27(37(32,33)22-13-11-20(34-4)12-14-22)24(29)26(36-28)25(31)23-15-6-17(2)16-18(23)3/h6-16,30H,5,29H2,1-4H3. The minimum Gasteiger partial charge on any atom is -0.497 e. The number of nitrogens with two attached hydrogens (primary N) is 1. The van der Waals surface area contributed by atoms with E-state index in [1.54, 1.807) is 42.5 Å². The molecule has 0 aliphatic carbocycles. The zero-order valence-corrected chi connectivity index (χ0v) is 22.6. The van der Waals surface area contributed by atoms with Crippen molar-refractivity contribution < 1.29 is 22.7 Å². The van der Waals surface area contributed by atoms with Gasteiger partial charge in [-0.3, -0.25) is 4.79 Å². The van der Waals surface area contributed by atoms with E-state index < -0.39 is 9.84 Å². The zero-order chi connectivity index (χ0) is 26.7. The Morgan fingerprint density at radius 2 is 1.62 bits per heavy atom.